The van der Waals surface area contributed by atoms with E-state index in [0.717, 1.165) is 0 Å². The second-order valence-corrected chi connectivity index (χ2v) is 5.01. The van der Waals surface area contributed by atoms with Gasteiger partial charge in [-0.3, -0.25) is 4.79 Å². The average molecular weight is 356 g/mol. The Bertz CT molecular complexity index is 634. The van der Waals surface area contributed by atoms with E-state index >= 15 is 0 Å². The SMILES string of the molecule is O=C(O)C(=O)/C(Cl)=C(Cl)/C(Cl)=C(\O)c1cccc(Cl)c1. The molecule has 0 aliphatic rings. The van der Waals surface area contributed by atoms with Gasteiger partial charge < -0.3 is 10.2 Å². The highest BCUT2D eigenvalue weighted by atomic mass is 35.5. The molecule has 2 N–H and O–H groups in total. The fraction of sp³-hybridized carbons (Fsp3) is 0. The van der Waals surface area contributed by atoms with E-state index < -0.39 is 32.6 Å². The zero-order valence-electron chi connectivity index (χ0n) is 9.53. The van der Waals surface area contributed by atoms with E-state index in [0.29, 0.717) is 5.02 Å². The van der Waals surface area contributed by atoms with Crippen LogP contribution in [0.2, 0.25) is 5.02 Å². The summed E-state index contributed by atoms with van der Waals surface area (Å²) in [6.45, 7) is 0. The van der Waals surface area contributed by atoms with Gasteiger partial charge in [-0.2, -0.15) is 0 Å². The highest BCUT2D eigenvalue weighted by Crippen LogP contribution is 2.32. The number of allylic oxidation sites excluding steroid dienone is 2. The summed E-state index contributed by atoms with van der Waals surface area (Å²) in [5.41, 5.74) is 0.230. The Hall–Kier alpha value is -1.20. The lowest BCUT2D eigenvalue weighted by Gasteiger charge is -2.05. The zero-order chi connectivity index (χ0) is 15.4. The number of benzene rings is 1. The number of hydrogen-bond donors (Lipinski definition) is 2. The van der Waals surface area contributed by atoms with E-state index in [4.69, 9.17) is 51.5 Å². The fourth-order valence-corrected chi connectivity index (χ4v) is 1.95. The molecule has 1 aromatic rings. The summed E-state index contributed by atoms with van der Waals surface area (Å²) in [5, 5.41) is 16.9. The molecule has 0 spiro atoms. The molecular weight excluding hydrogens is 350 g/mol. The first kappa shape index (κ1) is 16.9. The van der Waals surface area contributed by atoms with Crippen LogP contribution in [0.5, 0.6) is 0 Å². The van der Waals surface area contributed by atoms with Crippen LogP contribution in [-0.2, 0) is 9.59 Å². The maximum atomic E-state index is 11.1. The third kappa shape index (κ3) is 3.90. The van der Waals surface area contributed by atoms with Crippen molar-refractivity contribution in [2.75, 3.05) is 0 Å². The van der Waals surface area contributed by atoms with E-state index in [-0.39, 0.29) is 5.56 Å². The van der Waals surface area contributed by atoms with Crippen LogP contribution in [0.4, 0.5) is 0 Å². The minimum Gasteiger partial charge on any atom is -0.506 e. The molecule has 20 heavy (non-hydrogen) atoms. The first-order valence-corrected chi connectivity index (χ1v) is 6.44. The number of aliphatic carboxylic acids is 1. The van der Waals surface area contributed by atoms with Gasteiger partial charge in [0.25, 0.3) is 5.78 Å². The van der Waals surface area contributed by atoms with Crippen molar-refractivity contribution in [1.29, 1.82) is 0 Å². The lowest BCUT2D eigenvalue weighted by atomic mass is 10.1. The lowest BCUT2D eigenvalue weighted by molar-refractivity contribution is -0.146. The third-order valence-electron chi connectivity index (χ3n) is 2.08. The highest BCUT2D eigenvalue weighted by molar-refractivity contribution is 6.61. The fourth-order valence-electron chi connectivity index (χ4n) is 1.16. The van der Waals surface area contributed by atoms with Crippen molar-refractivity contribution in [3.05, 3.63) is 49.9 Å². The molecule has 0 aliphatic carbocycles. The molecule has 0 saturated heterocycles. The van der Waals surface area contributed by atoms with Crippen LogP contribution in [0.3, 0.4) is 0 Å². The minimum atomic E-state index is -1.79. The monoisotopic (exact) mass is 354 g/mol. The molecule has 8 heteroatoms. The van der Waals surface area contributed by atoms with Crippen LogP contribution >= 0.6 is 46.4 Å². The van der Waals surface area contributed by atoms with E-state index in [1.165, 1.54) is 12.1 Å². The highest BCUT2D eigenvalue weighted by Gasteiger charge is 2.22. The van der Waals surface area contributed by atoms with Gasteiger partial charge in [-0.05, 0) is 12.1 Å². The van der Waals surface area contributed by atoms with Gasteiger partial charge in [0.15, 0.2) is 0 Å². The summed E-state index contributed by atoms with van der Waals surface area (Å²) in [6.07, 6.45) is 0. The number of carboxylic acid groups (broad SMARTS) is 1. The molecule has 106 valence electrons. The van der Waals surface area contributed by atoms with Gasteiger partial charge in [0.2, 0.25) is 0 Å². The smallest absolute Gasteiger partial charge is 0.378 e. The van der Waals surface area contributed by atoms with E-state index in [1.807, 2.05) is 0 Å². The summed E-state index contributed by atoms with van der Waals surface area (Å²) in [7, 11) is 0. The second-order valence-electron chi connectivity index (χ2n) is 3.44. The van der Waals surface area contributed by atoms with Crippen molar-refractivity contribution in [2.24, 2.45) is 0 Å². The number of hydrogen-bond acceptors (Lipinski definition) is 3. The van der Waals surface area contributed by atoms with Gasteiger partial charge in [0.1, 0.15) is 15.8 Å². The van der Waals surface area contributed by atoms with Gasteiger partial charge >= 0.3 is 5.97 Å². The molecule has 4 nitrogen and oxygen atoms in total. The van der Waals surface area contributed by atoms with Crippen LogP contribution in [0, 0.1) is 0 Å². The Morgan fingerprint density at radius 1 is 0.950 bits per heavy atom. The molecule has 0 aromatic heterocycles. The Morgan fingerprint density at radius 2 is 1.55 bits per heavy atom. The van der Waals surface area contributed by atoms with Crippen LogP contribution in [-0.4, -0.2) is 22.0 Å². The molecule has 0 atom stereocenters. The lowest BCUT2D eigenvalue weighted by Crippen LogP contribution is -2.13. The average Bonchev–Trinajstić information content (AvgIpc) is 2.43. The number of aliphatic hydroxyl groups excluding tert-OH is 1. The molecule has 0 saturated carbocycles. The summed E-state index contributed by atoms with van der Waals surface area (Å²) in [6, 6.07) is 6.02. The number of carbonyl (C=O) groups excluding carboxylic acids is 1. The largest absolute Gasteiger partial charge is 0.506 e. The standard InChI is InChI=1S/C12H6Cl4O4/c13-6-3-1-2-5(4-6)10(17)8(15)7(14)9(16)11(18)12(19)20/h1-4,17H,(H,19,20)/b9-7+,10-8+. The van der Waals surface area contributed by atoms with E-state index in [2.05, 4.69) is 0 Å². The minimum absolute atomic E-state index is 0.230. The number of rotatable bonds is 4. The maximum Gasteiger partial charge on any atom is 0.378 e. The first-order valence-electron chi connectivity index (χ1n) is 4.93. The van der Waals surface area contributed by atoms with Gasteiger partial charge in [-0.25, -0.2) is 4.79 Å². The zero-order valence-corrected chi connectivity index (χ0v) is 12.6. The summed E-state index contributed by atoms with van der Waals surface area (Å²) < 4.78 is 0. The number of ketones is 1. The number of aliphatic hydroxyl groups is 1. The third-order valence-corrected chi connectivity index (χ3v) is 3.62. The molecule has 1 rings (SSSR count). The van der Waals surface area contributed by atoms with Crippen molar-refractivity contribution in [1.82, 2.24) is 0 Å². The van der Waals surface area contributed by atoms with Crippen molar-refractivity contribution in [3.8, 4) is 0 Å². The first-order chi connectivity index (χ1) is 9.25. The van der Waals surface area contributed by atoms with Crippen LogP contribution in [0.1, 0.15) is 5.56 Å². The number of halogens is 4. The van der Waals surface area contributed by atoms with Crippen LogP contribution < -0.4 is 0 Å². The van der Waals surface area contributed by atoms with E-state index in [9.17, 15) is 14.7 Å². The Kier molecular flexibility index (Phi) is 5.89. The van der Waals surface area contributed by atoms with Crippen molar-refractivity contribution in [3.63, 3.8) is 0 Å². The van der Waals surface area contributed by atoms with Gasteiger partial charge in [0, 0.05) is 10.6 Å². The van der Waals surface area contributed by atoms with E-state index in [1.54, 1.807) is 12.1 Å². The Labute approximate surface area is 133 Å². The number of carboxylic acids is 1. The molecule has 0 fully saturated rings. The summed E-state index contributed by atoms with van der Waals surface area (Å²) in [5.74, 6) is -3.72. The molecule has 0 amide bonds. The number of carbonyl (C=O) groups is 2. The molecular formula is C12H6Cl4O4. The summed E-state index contributed by atoms with van der Waals surface area (Å²) in [4.78, 5) is 21.6. The topological polar surface area (TPSA) is 74.6 Å². The molecule has 0 radical (unpaired) electrons. The maximum absolute atomic E-state index is 11.1. The summed E-state index contributed by atoms with van der Waals surface area (Å²) >= 11 is 22.7. The molecule has 0 aliphatic heterocycles. The normalized spacial score (nSPS) is 13.4. The van der Waals surface area contributed by atoms with Crippen LogP contribution in [0.15, 0.2) is 39.4 Å². The van der Waals surface area contributed by atoms with Crippen LogP contribution in [0.25, 0.3) is 5.76 Å². The van der Waals surface area contributed by atoms with Crippen molar-refractivity contribution < 1.29 is 19.8 Å². The molecule has 0 heterocycles. The van der Waals surface area contributed by atoms with Crippen molar-refractivity contribution in [2.45, 2.75) is 0 Å². The van der Waals surface area contributed by atoms with Gasteiger partial charge in [-0.15, -0.1) is 0 Å². The molecule has 1 aromatic carbocycles. The quantitative estimate of drug-likeness (QED) is 0.368. The van der Waals surface area contributed by atoms with Gasteiger partial charge in [-0.1, -0.05) is 58.5 Å². The Morgan fingerprint density at radius 3 is 2.05 bits per heavy atom. The number of Topliss-reactive ketones (excluding diaryl/α,β-unsaturated/α-hetero) is 1. The predicted molar refractivity (Wildman–Crippen MR) is 78.2 cm³/mol. The Balaban J connectivity index is 3.30. The second kappa shape index (κ2) is 6.99. The predicted octanol–water partition coefficient (Wildman–Crippen LogP) is 4.15. The van der Waals surface area contributed by atoms with Crippen molar-refractivity contribution >= 4 is 63.9 Å². The van der Waals surface area contributed by atoms with Gasteiger partial charge in [0.05, 0.1) is 5.03 Å². The molecule has 0 bridgehead atoms. The molecule has 0 unspecified atom stereocenters.